The molecule has 7 heteroatoms. The number of benzene rings is 1. The minimum Gasteiger partial charge on any atom is -0.454 e. The lowest BCUT2D eigenvalue weighted by Crippen LogP contribution is -2.45. The van der Waals surface area contributed by atoms with Crippen LogP contribution in [0.5, 0.6) is 11.5 Å². The molecule has 1 aromatic carbocycles. The number of carbonyl (C=O) groups excluding carboxylic acids is 2. The Hall–Kier alpha value is -1.95. The number of carbonyl (C=O) groups is 2. The maximum absolute atomic E-state index is 12.3. The van der Waals surface area contributed by atoms with E-state index in [1.54, 1.807) is 6.07 Å². The third-order valence-electron chi connectivity index (χ3n) is 3.53. The fourth-order valence-corrected chi connectivity index (χ4v) is 2.68. The third kappa shape index (κ3) is 2.90. The Balaban J connectivity index is 1.76. The Labute approximate surface area is 126 Å². The molecule has 2 aliphatic rings. The monoisotopic (exact) mass is 310 g/mol. The van der Waals surface area contributed by atoms with Crippen LogP contribution in [0.2, 0.25) is 5.02 Å². The predicted molar refractivity (Wildman–Crippen MR) is 75.7 cm³/mol. The van der Waals surface area contributed by atoms with Crippen molar-refractivity contribution in [2.24, 2.45) is 0 Å². The smallest absolute Gasteiger partial charge is 0.252 e. The largest absolute Gasteiger partial charge is 0.454 e. The summed E-state index contributed by atoms with van der Waals surface area (Å²) >= 11 is 6.05. The van der Waals surface area contributed by atoms with E-state index in [2.05, 4.69) is 10.6 Å². The van der Waals surface area contributed by atoms with Gasteiger partial charge in [-0.3, -0.25) is 9.59 Å². The molecule has 0 saturated carbocycles. The van der Waals surface area contributed by atoms with Crippen LogP contribution in [0.15, 0.2) is 12.1 Å². The summed E-state index contributed by atoms with van der Waals surface area (Å²) in [4.78, 5) is 24.1. The fourth-order valence-electron chi connectivity index (χ4n) is 2.42. The van der Waals surface area contributed by atoms with Gasteiger partial charge in [-0.05, 0) is 31.4 Å². The minimum atomic E-state index is -0.510. The highest BCUT2D eigenvalue weighted by Crippen LogP contribution is 2.39. The zero-order valence-corrected chi connectivity index (χ0v) is 12.0. The van der Waals surface area contributed by atoms with Crippen molar-refractivity contribution in [3.05, 3.63) is 22.7 Å². The van der Waals surface area contributed by atoms with Gasteiger partial charge in [0.05, 0.1) is 5.02 Å². The quantitative estimate of drug-likeness (QED) is 0.867. The lowest BCUT2D eigenvalue weighted by atomic mass is 10.1. The van der Waals surface area contributed by atoms with Crippen LogP contribution >= 0.6 is 11.6 Å². The number of amides is 2. The normalized spacial score (nSPS) is 20.6. The van der Waals surface area contributed by atoms with Crippen molar-refractivity contribution >= 4 is 23.4 Å². The number of fused-ring (bicyclic) bond motifs is 1. The number of hydrogen-bond donors (Lipinski definition) is 2. The van der Waals surface area contributed by atoms with E-state index < -0.39 is 6.04 Å². The van der Waals surface area contributed by atoms with E-state index in [1.807, 2.05) is 0 Å². The molecule has 0 bridgehead atoms. The first-order valence-electron chi connectivity index (χ1n) is 6.83. The first-order chi connectivity index (χ1) is 10.1. The van der Waals surface area contributed by atoms with Gasteiger partial charge in [0, 0.05) is 12.1 Å². The first-order valence-corrected chi connectivity index (χ1v) is 7.20. The van der Waals surface area contributed by atoms with Crippen LogP contribution in [0.4, 0.5) is 0 Å². The molecule has 1 aromatic rings. The fraction of sp³-hybridized carbons (Fsp3) is 0.429. The van der Waals surface area contributed by atoms with Gasteiger partial charge in [0.1, 0.15) is 6.04 Å². The molecule has 0 aliphatic carbocycles. The third-order valence-corrected chi connectivity index (χ3v) is 3.81. The number of rotatable bonds is 2. The van der Waals surface area contributed by atoms with Crippen LogP contribution in [0.3, 0.4) is 0 Å². The van der Waals surface area contributed by atoms with Gasteiger partial charge in [0.25, 0.3) is 5.91 Å². The van der Waals surface area contributed by atoms with Crippen LogP contribution < -0.4 is 20.1 Å². The summed E-state index contributed by atoms with van der Waals surface area (Å²) < 4.78 is 10.4. The van der Waals surface area contributed by atoms with Crippen LogP contribution in [0, 0.1) is 0 Å². The average Bonchev–Trinajstić information content (AvgIpc) is 2.85. The molecule has 0 unspecified atom stereocenters. The standard InChI is InChI=1S/C14H15ClN2O4/c15-9-5-8(6-11-12(9)21-7-20-11)13(18)17-10-3-1-2-4-16-14(10)19/h5-6,10H,1-4,7H2,(H,16,19)(H,17,18)/t10-/m1/s1. The molecule has 6 nitrogen and oxygen atoms in total. The molecule has 21 heavy (non-hydrogen) atoms. The van der Waals surface area contributed by atoms with Crippen molar-refractivity contribution in [2.45, 2.75) is 25.3 Å². The molecule has 112 valence electrons. The maximum Gasteiger partial charge on any atom is 0.252 e. The minimum absolute atomic E-state index is 0.0884. The van der Waals surface area contributed by atoms with Crippen LogP contribution in [-0.4, -0.2) is 31.2 Å². The zero-order chi connectivity index (χ0) is 14.8. The van der Waals surface area contributed by atoms with E-state index >= 15 is 0 Å². The van der Waals surface area contributed by atoms with Crippen molar-refractivity contribution in [1.29, 1.82) is 0 Å². The van der Waals surface area contributed by atoms with Gasteiger partial charge in [-0.1, -0.05) is 11.6 Å². The Bertz CT molecular complexity index is 591. The highest BCUT2D eigenvalue weighted by atomic mass is 35.5. The van der Waals surface area contributed by atoms with Gasteiger partial charge in [0.2, 0.25) is 12.7 Å². The number of hydrogen-bond acceptors (Lipinski definition) is 4. The summed E-state index contributed by atoms with van der Waals surface area (Å²) in [5.74, 6) is 0.392. The molecule has 2 aliphatic heterocycles. The molecule has 2 amide bonds. The molecule has 1 atom stereocenters. The molecule has 2 heterocycles. The highest BCUT2D eigenvalue weighted by molar-refractivity contribution is 6.32. The van der Waals surface area contributed by atoms with Gasteiger partial charge >= 0.3 is 0 Å². The summed E-state index contributed by atoms with van der Waals surface area (Å²) in [7, 11) is 0. The molecule has 0 spiro atoms. The summed E-state index contributed by atoms with van der Waals surface area (Å²) in [5, 5.41) is 5.84. The van der Waals surface area contributed by atoms with Gasteiger partial charge in [0.15, 0.2) is 11.5 Å². The second kappa shape index (κ2) is 5.81. The Morgan fingerprint density at radius 3 is 3.05 bits per heavy atom. The van der Waals surface area contributed by atoms with Gasteiger partial charge in [-0.25, -0.2) is 0 Å². The zero-order valence-electron chi connectivity index (χ0n) is 11.3. The van der Waals surface area contributed by atoms with Crippen LogP contribution in [0.1, 0.15) is 29.6 Å². The number of ether oxygens (including phenoxy) is 2. The van der Waals surface area contributed by atoms with E-state index in [9.17, 15) is 9.59 Å². The molecule has 1 fully saturated rings. The van der Waals surface area contributed by atoms with Crippen LogP contribution in [-0.2, 0) is 4.79 Å². The number of halogens is 1. The molecular formula is C14H15ClN2O4. The summed E-state index contributed by atoms with van der Waals surface area (Å²) in [5.41, 5.74) is 0.348. The van der Waals surface area contributed by atoms with Gasteiger partial charge in [-0.2, -0.15) is 0 Å². The van der Waals surface area contributed by atoms with Crippen LogP contribution in [0.25, 0.3) is 0 Å². The predicted octanol–water partition coefficient (Wildman–Crippen LogP) is 1.47. The number of nitrogens with one attached hydrogen (secondary N) is 2. The topological polar surface area (TPSA) is 76.7 Å². The van der Waals surface area contributed by atoms with Crippen molar-refractivity contribution in [3.8, 4) is 11.5 Å². The Morgan fingerprint density at radius 1 is 1.33 bits per heavy atom. The van der Waals surface area contributed by atoms with E-state index in [1.165, 1.54) is 6.07 Å². The lowest BCUT2D eigenvalue weighted by molar-refractivity contribution is -0.122. The van der Waals surface area contributed by atoms with Crippen molar-refractivity contribution < 1.29 is 19.1 Å². The second-order valence-corrected chi connectivity index (χ2v) is 5.41. The first kappa shape index (κ1) is 14.0. The Kier molecular flexibility index (Phi) is 3.88. The molecule has 0 aromatic heterocycles. The van der Waals surface area contributed by atoms with Crippen molar-refractivity contribution in [2.75, 3.05) is 13.3 Å². The summed E-state index contributed by atoms with van der Waals surface area (Å²) in [6.45, 7) is 0.742. The molecule has 0 radical (unpaired) electrons. The summed E-state index contributed by atoms with van der Waals surface area (Å²) in [6.07, 6.45) is 2.45. The lowest BCUT2D eigenvalue weighted by Gasteiger charge is -2.15. The molecule has 3 rings (SSSR count). The van der Waals surface area contributed by atoms with Crippen molar-refractivity contribution in [1.82, 2.24) is 10.6 Å². The van der Waals surface area contributed by atoms with E-state index in [4.69, 9.17) is 21.1 Å². The van der Waals surface area contributed by atoms with Crippen molar-refractivity contribution in [3.63, 3.8) is 0 Å². The highest BCUT2D eigenvalue weighted by Gasteiger charge is 2.25. The molecular weight excluding hydrogens is 296 g/mol. The molecule has 2 N–H and O–H groups in total. The van der Waals surface area contributed by atoms with E-state index in [0.717, 1.165) is 12.8 Å². The average molecular weight is 311 g/mol. The van der Waals surface area contributed by atoms with Gasteiger partial charge < -0.3 is 20.1 Å². The maximum atomic E-state index is 12.3. The second-order valence-electron chi connectivity index (χ2n) is 5.00. The summed E-state index contributed by atoms with van der Waals surface area (Å²) in [6, 6.07) is 2.57. The van der Waals surface area contributed by atoms with E-state index in [0.29, 0.717) is 35.1 Å². The van der Waals surface area contributed by atoms with E-state index in [-0.39, 0.29) is 18.6 Å². The molecule has 1 saturated heterocycles. The van der Waals surface area contributed by atoms with Gasteiger partial charge in [-0.15, -0.1) is 0 Å². The Morgan fingerprint density at radius 2 is 2.19 bits per heavy atom. The SMILES string of the molecule is O=C(N[C@@H]1CCCCNC1=O)c1cc(Cl)c2c(c1)OCO2.